The van der Waals surface area contributed by atoms with Crippen LogP contribution in [-0.2, 0) is 6.67 Å². The molecule has 0 saturated carbocycles. The summed E-state index contributed by atoms with van der Waals surface area (Å²) < 4.78 is 51.3. The predicted octanol–water partition coefficient (Wildman–Crippen LogP) is 1.44. The number of carboxylic acids is 1. The summed E-state index contributed by atoms with van der Waals surface area (Å²) in [5, 5.41) is 8.50. The maximum atomic E-state index is 12.4. The van der Waals surface area contributed by atoms with Crippen molar-refractivity contribution in [1.82, 2.24) is 4.98 Å². The number of alkyl halides is 4. The van der Waals surface area contributed by atoms with Gasteiger partial charge in [0.15, 0.2) is 5.75 Å². The molecule has 94 valence electrons. The number of carbonyl (C=O) groups is 1. The van der Waals surface area contributed by atoms with Gasteiger partial charge in [0.05, 0.1) is 5.69 Å². The largest absolute Gasteiger partial charge is 0.573 e. The van der Waals surface area contributed by atoms with E-state index in [0.717, 1.165) is 0 Å². The summed E-state index contributed by atoms with van der Waals surface area (Å²) in [5.41, 5.74) is -2.98. The molecule has 2 N–H and O–H groups in total. The highest BCUT2D eigenvalue weighted by Gasteiger charge is 2.33. The number of nitrogens with one attached hydrogen (secondary N) is 1. The van der Waals surface area contributed by atoms with Gasteiger partial charge in [0, 0.05) is 6.07 Å². The summed E-state index contributed by atoms with van der Waals surface area (Å²) >= 11 is 0. The van der Waals surface area contributed by atoms with E-state index in [-0.39, 0.29) is 0 Å². The molecular weight excluding hydrogens is 250 g/mol. The third-order valence-corrected chi connectivity index (χ3v) is 1.64. The number of aromatic amines is 1. The lowest BCUT2D eigenvalue weighted by atomic mass is 10.2. The number of H-pyrrole nitrogens is 1. The van der Waals surface area contributed by atoms with Crippen LogP contribution in [0.2, 0.25) is 0 Å². The zero-order chi connectivity index (χ0) is 13.2. The molecular formula is C8H5F4NO4. The molecule has 1 aromatic rings. The Balaban J connectivity index is 3.32. The van der Waals surface area contributed by atoms with Crippen molar-refractivity contribution in [1.29, 1.82) is 0 Å². The van der Waals surface area contributed by atoms with E-state index < -0.39 is 41.6 Å². The van der Waals surface area contributed by atoms with Crippen molar-refractivity contribution in [3.8, 4) is 5.75 Å². The van der Waals surface area contributed by atoms with Gasteiger partial charge >= 0.3 is 12.3 Å². The molecule has 0 amide bonds. The number of aromatic nitrogens is 1. The summed E-state index contributed by atoms with van der Waals surface area (Å²) in [6.07, 6.45) is -5.17. The molecule has 5 nitrogen and oxygen atoms in total. The van der Waals surface area contributed by atoms with Crippen molar-refractivity contribution in [3.05, 3.63) is 27.7 Å². The second-order valence-corrected chi connectivity index (χ2v) is 2.84. The molecule has 1 rings (SSSR count). The minimum atomic E-state index is -5.17. The number of pyridine rings is 1. The Hall–Kier alpha value is -2.06. The average molecular weight is 255 g/mol. The number of rotatable bonds is 3. The Kier molecular flexibility index (Phi) is 3.39. The number of carboxylic acid groups (broad SMARTS) is 1. The van der Waals surface area contributed by atoms with Crippen LogP contribution in [0.15, 0.2) is 10.9 Å². The van der Waals surface area contributed by atoms with E-state index in [0.29, 0.717) is 6.07 Å². The van der Waals surface area contributed by atoms with E-state index in [2.05, 4.69) is 4.74 Å². The number of hydrogen-bond donors (Lipinski definition) is 2. The van der Waals surface area contributed by atoms with Crippen molar-refractivity contribution in [2.75, 3.05) is 0 Å². The third kappa shape index (κ3) is 3.20. The molecule has 1 heterocycles. The van der Waals surface area contributed by atoms with Crippen LogP contribution in [0.3, 0.4) is 0 Å². The molecule has 0 aliphatic rings. The number of halogens is 4. The highest BCUT2D eigenvalue weighted by Crippen LogP contribution is 2.22. The molecule has 0 atom stereocenters. The fraction of sp³-hybridized carbons (Fsp3) is 0.250. The van der Waals surface area contributed by atoms with Crippen LogP contribution in [0.4, 0.5) is 17.6 Å². The summed E-state index contributed by atoms with van der Waals surface area (Å²) in [6, 6.07) is 0.378. The summed E-state index contributed by atoms with van der Waals surface area (Å²) in [6.45, 7) is -1.50. The van der Waals surface area contributed by atoms with Crippen LogP contribution < -0.4 is 10.2 Å². The van der Waals surface area contributed by atoms with E-state index in [1.807, 2.05) is 4.98 Å². The van der Waals surface area contributed by atoms with Gasteiger partial charge in [-0.2, -0.15) is 0 Å². The van der Waals surface area contributed by atoms with Crippen molar-refractivity contribution >= 4 is 5.97 Å². The lowest BCUT2D eigenvalue weighted by Gasteiger charge is -2.11. The van der Waals surface area contributed by atoms with Gasteiger partial charge in [0.1, 0.15) is 12.4 Å². The molecule has 0 fully saturated rings. The van der Waals surface area contributed by atoms with Crippen molar-refractivity contribution < 1.29 is 32.2 Å². The minimum Gasteiger partial charge on any atom is -0.477 e. The first-order valence-electron chi connectivity index (χ1n) is 4.06. The zero-order valence-corrected chi connectivity index (χ0v) is 7.97. The fourth-order valence-corrected chi connectivity index (χ4v) is 1.04. The van der Waals surface area contributed by atoms with Crippen LogP contribution in [0.1, 0.15) is 16.2 Å². The Morgan fingerprint density at radius 1 is 1.47 bits per heavy atom. The Morgan fingerprint density at radius 2 is 2.06 bits per heavy atom. The van der Waals surface area contributed by atoms with Gasteiger partial charge in [-0.15, -0.1) is 13.2 Å². The fourth-order valence-electron chi connectivity index (χ4n) is 1.04. The Bertz CT molecular complexity index is 493. The Labute approximate surface area is 90.6 Å². The van der Waals surface area contributed by atoms with Crippen LogP contribution in [0, 0.1) is 0 Å². The van der Waals surface area contributed by atoms with Gasteiger partial charge in [-0.25, -0.2) is 9.18 Å². The predicted molar refractivity (Wildman–Crippen MR) is 45.5 cm³/mol. The number of aromatic carboxylic acids is 1. The van der Waals surface area contributed by atoms with Crippen LogP contribution in [0.25, 0.3) is 0 Å². The second kappa shape index (κ2) is 4.44. The topological polar surface area (TPSA) is 79.4 Å². The first-order chi connectivity index (χ1) is 7.74. The average Bonchev–Trinajstić information content (AvgIpc) is 2.18. The molecule has 0 unspecified atom stereocenters. The van der Waals surface area contributed by atoms with Gasteiger partial charge in [0.2, 0.25) is 5.43 Å². The summed E-state index contributed by atoms with van der Waals surface area (Å²) in [5.74, 6) is -2.90. The first-order valence-corrected chi connectivity index (χ1v) is 4.06. The molecule has 9 heteroatoms. The van der Waals surface area contributed by atoms with E-state index in [9.17, 15) is 27.2 Å². The Morgan fingerprint density at radius 3 is 2.47 bits per heavy atom. The summed E-state index contributed by atoms with van der Waals surface area (Å²) in [4.78, 5) is 23.4. The smallest absolute Gasteiger partial charge is 0.477 e. The molecule has 0 saturated heterocycles. The third-order valence-electron chi connectivity index (χ3n) is 1.64. The second-order valence-electron chi connectivity index (χ2n) is 2.84. The van der Waals surface area contributed by atoms with Crippen molar-refractivity contribution in [2.24, 2.45) is 0 Å². The molecule has 0 aliphatic heterocycles. The van der Waals surface area contributed by atoms with E-state index in [1.54, 1.807) is 0 Å². The van der Waals surface area contributed by atoms with Gasteiger partial charge in [-0.3, -0.25) is 4.79 Å². The van der Waals surface area contributed by atoms with Crippen LogP contribution in [0.5, 0.6) is 5.75 Å². The van der Waals surface area contributed by atoms with E-state index in [1.165, 1.54) is 0 Å². The highest BCUT2D eigenvalue weighted by atomic mass is 19.4. The zero-order valence-electron chi connectivity index (χ0n) is 7.97. The normalized spacial score (nSPS) is 11.3. The number of ether oxygens (including phenoxy) is 1. The van der Waals surface area contributed by atoms with Crippen molar-refractivity contribution in [3.63, 3.8) is 0 Å². The van der Waals surface area contributed by atoms with Gasteiger partial charge in [0.25, 0.3) is 0 Å². The van der Waals surface area contributed by atoms with E-state index in [4.69, 9.17) is 5.11 Å². The molecule has 0 aromatic carbocycles. The molecule has 1 aromatic heterocycles. The quantitative estimate of drug-likeness (QED) is 0.801. The monoisotopic (exact) mass is 255 g/mol. The lowest BCUT2D eigenvalue weighted by Crippen LogP contribution is -2.24. The SMILES string of the molecule is O=C(O)c1cc(=O)c(OC(F)(F)F)c(CF)[nH]1. The minimum absolute atomic E-state index is 0.378. The van der Waals surface area contributed by atoms with Crippen molar-refractivity contribution in [2.45, 2.75) is 13.0 Å². The molecule has 0 aliphatic carbocycles. The number of hydrogen-bond acceptors (Lipinski definition) is 3. The van der Waals surface area contributed by atoms with Gasteiger partial charge in [-0.05, 0) is 0 Å². The molecule has 0 bridgehead atoms. The van der Waals surface area contributed by atoms with Gasteiger partial charge in [-0.1, -0.05) is 0 Å². The lowest BCUT2D eigenvalue weighted by molar-refractivity contribution is -0.275. The molecule has 0 radical (unpaired) electrons. The maximum absolute atomic E-state index is 12.4. The molecule has 17 heavy (non-hydrogen) atoms. The molecule has 0 spiro atoms. The first kappa shape index (κ1) is 13.0. The van der Waals surface area contributed by atoms with Crippen LogP contribution in [-0.4, -0.2) is 22.4 Å². The standard InChI is InChI=1S/C8H5F4NO4/c9-2-4-6(17-8(10,11)12)5(14)1-3(13-4)7(15)16/h1H,2H2,(H,13,14)(H,15,16). The van der Waals surface area contributed by atoms with E-state index >= 15 is 0 Å². The van der Waals surface area contributed by atoms with Crippen LogP contribution >= 0.6 is 0 Å². The van der Waals surface area contributed by atoms with Gasteiger partial charge < -0.3 is 14.8 Å². The highest BCUT2D eigenvalue weighted by molar-refractivity contribution is 5.85. The summed E-state index contributed by atoms with van der Waals surface area (Å²) in [7, 11) is 0. The maximum Gasteiger partial charge on any atom is 0.573 e.